The van der Waals surface area contributed by atoms with Gasteiger partial charge >= 0.3 is 0 Å². The highest BCUT2D eigenvalue weighted by Crippen LogP contribution is 2.36. The number of rotatable bonds is 5. The van der Waals surface area contributed by atoms with Crippen molar-refractivity contribution in [3.8, 4) is 5.75 Å². The molecule has 1 aliphatic heterocycles. The second kappa shape index (κ2) is 8.73. The number of hydrogen-bond donors (Lipinski definition) is 1. The molecular formula is C24H23N3O3S. The van der Waals surface area contributed by atoms with Crippen LogP contribution in [0, 0.1) is 13.8 Å². The molecule has 0 saturated carbocycles. The summed E-state index contributed by atoms with van der Waals surface area (Å²) in [5, 5.41) is 4.82. The first kappa shape index (κ1) is 20.8. The van der Waals surface area contributed by atoms with Crippen LogP contribution in [-0.4, -0.2) is 31.2 Å². The molecule has 7 heteroatoms. The molecule has 1 aliphatic rings. The molecule has 1 aromatic heterocycles. The van der Waals surface area contributed by atoms with Gasteiger partial charge in [-0.1, -0.05) is 18.2 Å². The zero-order valence-electron chi connectivity index (χ0n) is 17.6. The van der Waals surface area contributed by atoms with Gasteiger partial charge in [0.1, 0.15) is 12.3 Å². The van der Waals surface area contributed by atoms with Gasteiger partial charge < -0.3 is 15.0 Å². The fourth-order valence-electron chi connectivity index (χ4n) is 3.49. The third-order valence-electron chi connectivity index (χ3n) is 5.25. The Labute approximate surface area is 185 Å². The first-order valence-electron chi connectivity index (χ1n) is 9.92. The van der Waals surface area contributed by atoms with Crippen molar-refractivity contribution in [3.63, 3.8) is 0 Å². The number of amides is 2. The fraction of sp³-hybridized carbons (Fsp3) is 0.208. The second-order valence-corrected chi connectivity index (χ2v) is 8.31. The maximum absolute atomic E-state index is 13.2. The predicted molar refractivity (Wildman–Crippen MR) is 125 cm³/mol. The number of nitrogens with one attached hydrogen (secondary N) is 1. The van der Waals surface area contributed by atoms with Crippen LogP contribution in [0.4, 0.5) is 17.1 Å². The van der Waals surface area contributed by atoms with E-state index in [0.29, 0.717) is 22.8 Å². The highest BCUT2D eigenvalue weighted by Gasteiger charge is 2.28. The van der Waals surface area contributed by atoms with Crippen LogP contribution in [0.1, 0.15) is 22.4 Å². The van der Waals surface area contributed by atoms with Crippen LogP contribution in [0.25, 0.3) is 0 Å². The Hall–Kier alpha value is -3.45. The number of fused-ring (bicyclic) bond motifs is 1. The number of aryl methyl sites for hydroxylation is 2. The van der Waals surface area contributed by atoms with Crippen molar-refractivity contribution in [1.29, 1.82) is 0 Å². The molecule has 0 bridgehead atoms. The molecule has 31 heavy (non-hydrogen) atoms. The topological polar surface area (TPSA) is 71.0 Å². The summed E-state index contributed by atoms with van der Waals surface area (Å²) >= 11 is 1.55. The van der Waals surface area contributed by atoms with Crippen LogP contribution < -0.4 is 15.0 Å². The lowest BCUT2D eigenvalue weighted by Crippen LogP contribution is -2.38. The smallest absolute Gasteiger partial charge is 0.244 e. The number of hydrogen-bond acceptors (Lipinski definition) is 5. The van der Waals surface area contributed by atoms with Gasteiger partial charge in [0.15, 0.2) is 0 Å². The zero-order valence-corrected chi connectivity index (χ0v) is 18.5. The summed E-state index contributed by atoms with van der Waals surface area (Å²) in [4.78, 5) is 33.4. The molecule has 3 aromatic rings. The zero-order chi connectivity index (χ0) is 22.0. The molecule has 0 aliphatic carbocycles. The summed E-state index contributed by atoms with van der Waals surface area (Å²) in [6.45, 7) is 3.89. The lowest BCUT2D eigenvalue weighted by molar-refractivity contribution is -0.120. The molecule has 4 rings (SSSR count). The molecule has 0 atom stereocenters. The molecule has 0 spiro atoms. The summed E-state index contributed by atoms with van der Waals surface area (Å²) < 4.78 is 5.31. The molecule has 2 heterocycles. The molecule has 0 unspecified atom stereocenters. The number of para-hydroxylation sites is 2. The van der Waals surface area contributed by atoms with Crippen LogP contribution in [-0.2, 0) is 9.59 Å². The Morgan fingerprint density at radius 1 is 1.16 bits per heavy atom. The monoisotopic (exact) mass is 433 g/mol. The summed E-state index contributed by atoms with van der Waals surface area (Å²) in [5.74, 6) is 0.0964. The number of aliphatic imine (C=N–C) groups is 1. The molecule has 6 nitrogen and oxygen atoms in total. The molecule has 0 fully saturated rings. The van der Waals surface area contributed by atoms with Gasteiger partial charge in [-0.2, -0.15) is 0 Å². The molecule has 0 radical (unpaired) electrons. The van der Waals surface area contributed by atoms with Gasteiger partial charge in [0, 0.05) is 4.88 Å². The summed E-state index contributed by atoms with van der Waals surface area (Å²) in [6.07, 6.45) is 0.134. The maximum Gasteiger partial charge on any atom is 0.244 e. The number of benzene rings is 2. The Morgan fingerprint density at radius 3 is 2.68 bits per heavy atom. The van der Waals surface area contributed by atoms with Gasteiger partial charge in [-0.25, -0.2) is 4.99 Å². The van der Waals surface area contributed by atoms with E-state index in [9.17, 15) is 9.59 Å². The highest BCUT2D eigenvalue weighted by atomic mass is 32.1. The highest BCUT2D eigenvalue weighted by molar-refractivity contribution is 7.12. The van der Waals surface area contributed by atoms with E-state index < -0.39 is 0 Å². The van der Waals surface area contributed by atoms with Crippen molar-refractivity contribution in [2.45, 2.75) is 20.3 Å². The van der Waals surface area contributed by atoms with E-state index >= 15 is 0 Å². The van der Waals surface area contributed by atoms with Crippen molar-refractivity contribution in [2.24, 2.45) is 4.99 Å². The van der Waals surface area contributed by atoms with E-state index in [4.69, 9.17) is 9.73 Å². The van der Waals surface area contributed by atoms with E-state index in [0.717, 1.165) is 21.7 Å². The van der Waals surface area contributed by atoms with Crippen molar-refractivity contribution in [2.75, 3.05) is 23.9 Å². The second-order valence-electron chi connectivity index (χ2n) is 7.37. The van der Waals surface area contributed by atoms with Gasteiger partial charge in [0.2, 0.25) is 11.8 Å². The van der Waals surface area contributed by atoms with Crippen molar-refractivity contribution >= 4 is 45.9 Å². The minimum absolute atomic E-state index is 0.111. The fourth-order valence-corrected chi connectivity index (χ4v) is 4.20. The van der Waals surface area contributed by atoms with Crippen LogP contribution >= 0.6 is 11.3 Å². The van der Waals surface area contributed by atoms with Crippen LogP contribution in [0.15, 0.2) is 58.9 Å². The minimum atomic E-state index is -0.304. The van der Waals surface area contributed by atoms with E-state index in [1.807, 2.05) is 55.6 Å². The lowest BCUT2D eigenvalue weighted by atomic mass is 10.1. The Bertz CT molecular complexity index is 1170. The molecule has 1 N–H and O–H groups in total. The quantitative estimate of drug-likeness (QED) is 0.624. The number of methoxy groups -OCH3 is 1. The summed E-state index contributed by atoms with van der Waals surface area (Å²) in [7, 11) is 1.55. The lowest BCUT2D eigenvalue weighted by Gasteiger charge is -2.23. The molecule has 158 valence electrons. The van der Waals surface area contributed by atoms with Crippen molar-refractivity contribution in [3.05, 3.63) is 69.9 Å². The molecule has 0 saturated heterocycles. The summed E-state index contributed by atoms with van der Waals surface area (Å²) in [5.41, 5.74) is 4.75. The number of carbonyl (C=O) groups excluding carboxylic acids is 2. The molecule has 2 aromatic carbocycles. The number of nitrogens with zero attached hydrogens (tertiary/aromatic N) is 2. The van der Waals surface area contributed by atoms with Gasteiger partial charge in [-0.3, -0.25) is 9.59 Å². The number of carbonyl (C=O) groups is 2. The van der Waals surface area contributed by atoms with Crippen molar-refractivity contribution in [1.82, 2.24) is 0 Å². The van der Waals surface area contributed by atoms with Crippen LogP contribution in [0.3, 0.4) is 0 Å². The van der Waals surface area contributed by atoms with E-state index in [1.165, 1.54) is 4.90 Å². The molecule has 2 amide bonds. The third-order valence-corrected chi connectivity index (χ3v) is 6.16. The molecular weight excluding hydrogens is 410 g/mol. The number of thiophene rings is 1. The Morgan fingerprint density at radius 2 is 1.94 bits per heavy atom. The summed E-state index contributed by atoms with van der Waals surface area (Å²) in [6, 6.07) is 15.0. The van der Waals surface area contributed by atoms with Crippen LogP contribution in [0.2, 0.25) is 0 Å². The van der Waals surface area contributed by atoms with Crippen LogP contribution in [0.5, 0.6) is 5.75 Å². The average Bonchev–Trinajstić information content (AvgIpc) is 3.25. The normalized spacial score (nSPS) is 13.3. The third kappa shape index (κ3) is 4.36. The maximum atomic E-state index is 13.2. The number of anilines is 2. The minimum Gasteiger partial charge on any atom is -0.495 e. The van der Waals surface area contributed by atoms with E-state index in [1.54, 1.807) is 30.6 Å². The standard InChI is InChI=1S/C24H23N3O3S/c1-15-11-18-20(12-16(15)2)27(24(29)13-19(25-18)22-9-6-10-31-22)14-23(28)26-17-7-4-5-8-21(17)30-3/h4-12H,13-14H2,1-3H3,(H,26,28). The Kier molecular flexibility index (Phi) is 5.86. The van der Waals surface area contributed by atoms with Gasteiger partial charge in [-0.05, 0) is 60.7 Å². The van der Waals surface area contributed by atoms with Gasteiger partial charge in [0.25, 0.3) is 0 Å². The van der Waals surface area contributed by atoms with Gasteiger partial charge in [-0.15, -0.1) is 11.3 Å². The first-order chi connectivity index (χ1) is 15.0. The Balaban J connectivity index is 1.67. The average molecular weight is 434 g/mol. The first-order valence-corrected chi connectivity index (χ1v) is 10.8. The predicted octanol–water partition coefficient (Wildman–Crippen LogP) is 4.87. The van der Waals surface area contributed by atoms with Crippen molar-refractivity contribution < 1.29 is 14.3 Å². The number of ether oxygens (including phenoxy) is 1. The van der Waals surface area contributed by atoms with Gasteiger partial charge in [0.05, 0.1) is 36.3 Å². The largest absolute Gasteiger partial charge is 0.495 e. The van der Waals surface area contributed by atoms with E-state index in [-0.39, 0.29) is 24.8 Å². The SMILES string of the molecule is COc1ccccc1NC(=O)CN1C(=O)CC(c2cccs2)=Nc2cc(C)c(C)cc21. The van der Waals surface area contributed by atoms with E-state index in [2.05, 4.69) is 5.32 Å².